The second kappa shape index (κ2) is 7.20. The molecule has 0 bridgehead atoms. The summed E-state index contributed by atoms with van der Waals surface area (Å²) in [6.07, 6.45) is 5.92. The van der Waals surface area contributed by atoms with Crippen LogP contribution in [0.25, 0.3) is 0 Å². The number of nitrogens with zero attached hydrogens (tertiary/aromatic N) is 1. The Labute approximate surface area is 93.6 Å². The van der Waals surface area contributed by atoms with Crippen molar-refractivity contribution in [2.75, 3.05) is 26.2 Å². The van der Waals surface area contributed by atoms with E-state index in [1.807, 2.05) is 0 Å². The Bertz CT molecular complexity index is 164. The lowest BCUT2D eigenvalue weighted by molar-refractivity contribution is 0.104. The van der Waals surface area contributed by atoms with Crippen molar-refractivity contribution >= 4 is 0 Å². The molecule has 0 aliphatic carbocycles. The zero-order valence-corrected chi connectivity index (χ0v) is 9.99. The largest absolute Gasteiger partial charge is 0.396 e. The SMILES string of the molecule is CC1CCCN(CCCCCO)C1CN. The van der Waals surface area contributed by atoms with Crippen LogP contribution in [-0.4, -0.2) is 42.3 Å². The number of hydrogen-bond acceptors (Lipinski definition) is 3. The summed E-state index contributed by atoms with van der Waals surface area (Å²) in [4.78, 5) is 2.55. The minimum absolute atomic E-state index is 0.330. The first kappa shape index (κ1) is 12.9. The molecule has 3 nitrogen and oxygen atoms in total. The maximum atomic E-state index is 8.71. The van der Waals surface area contributed by atoms with E-state index < -0.39 is 0 Å². The molecule has 0 aromatic carbocycles. The van der Waals surface area contributed by atoms with Gasteiger partial charge >= 0.3 is 0 Å². The predicted octanol–water partition coefficient (Wildman–Crippen LogP) is 1.21. The van der Waals surface area contributed by atoms with Crippen LogP contribution in [0, 0.1) is 5.92 Å². The van der Waals surface area contributed by atoms with E-state index in [0.717, 1.165) is 31.8 Å². The summed E-state index contributed by atoms with van der Waals surface area (Å²) in [5.74, 6) is 0.751. The van der Waals surface area contributed by atoms with E-state index in [1.54, 1.807) is 0 Å². The van der Waals surface area contributed by atoms with Gasteiger partial charge in [0.05, 0.1) is 0 Å². The quantitative estimate of drug-likeness (QED) is 0.653. The molecule has 3 heteroatoms. The Balaban J connectivity index is 2.25. The van der Waals surface area contributed by atoms with E-state index in [1.165, 1.54) is 25.8 Å². The third-order valence-corrected chi connectivity index (χ3v) is 3.58. The molecule has 1 heterocycles. The smallest absolute Gasteiger partial charge is 0.0431 e. The fourth-order valence-electron chi connectivity index (χ4n) is 2.60. The average molecular weight is 214 g/mol. The molecular formula is C12H26N2O. The highest BCUT2D eigenvalue weighted by atomic mass is 16.2. The Morgan fingerprint density at radius 3 is 2.80 bits per heavy atom. The Kier molecular flexibility index (Phi) is 6.22. The number of hydrogen-bond donors (Lipinski definition) is 2. The maximum Gasteiger partial charge on any atom is 0.0431 e. The molecule has 0 aromatic rings. The van der Waals surface area contributed by atoms with Gasteiger partial charge in [-0.2, -0.15) is 0 Å². The van der Waals surface area contributed by atoms with Gasteiger partial charge in [0.1, 0.15) is 0 Å². The lowest BCUT2D eigenvalue weighted by Gasteiger charge is -2.39. The van der Waals surface area contributed by atoms with Gasteiger partial charge in [0.15, 0.2) is 0 Å². The molecule has 3 N–H and O–H groups in total. The Morgan fingerprint density at radius 2 is 2.13 bits per heavy atom. The van der Waals surface area contributed by atoms with Crippen LogP contribution in [0.2, 0.25) is 0 Å². The molecule has 2 unspecified atom stereocenters. The van der Waals surface area contributed by atoms with Crippen molar-refractivity contribution in [1.29, 1.82) is 0 Å². The normalized spacial score (nSPS) is 28.2. The fraction of sp³-hybridized carbons (Fsp3) is 1.00. The summed E-state index contributed by atoms with van der Waals surface area (Å²) in [6.45, 7) is 5.81. The van der Waals surface area contributed by atoms with Crippen molar-refractivity contribution in [3.05, 3.63) is 0 Å². The molecule has 1 rings (SSSR count). The molecule has 0 aromatic heterocycles. The molecule has 0 saturated carbocycles. The third kappa shape index (κ3) is 4.09. The topological polar surface area (TPSA) is 49.5 Å². The lowest BCUT2D eigenvalue weighted by atomic mass is 9.90. The maximum absolute atomic E-state index is 8.71. The fourth-order valence-corrected chi connectivity index (χ4v) is 2.60. The van der Waals surface area contributed by atoms with Gasteiger partial charge in [-0.15, -0.1) is 0 Å². The van der Waals surface area contributed by atoms with Crippen molar-refractivity contribution in [2.24, 2.45) is 11.7 Å². The molecule has 2 atom stereocenters. The van der Waals surface area contributed by atoms with Crippen molar-refractivity contribution in [3.63, 3.8) is 0 Å². The van der Waals surface area contributed by atoms with Crippen LogP contribution in [0.15, 0.2) is 0 Å². The number of unbranched alkanes of at least 4 members (excludes halogenated alkanes) is 2. The molecule has 0 radical (unpaired) electrons. The zero-order valence-electron chi connectivity index (χ0n) is 9.99. The molecule has 1 saturated heterocycles. The number of nitrogens with two attached hydrogens (primary N) is 1. The van der Waals surface area contributed by atoms with Crippen molar-refractivity contribution in [2.45, 2.75) is 45.1 Å². The van der Waals surface area contributed by atoms with E-state index in [4.69, 9.17) is 10.8 Å². The highest BCUT2D eigenvalue weighted by Crippen LogP contribution is 2.22. The Morgan fingerprint density at radius 1 is 1.33 bits per heavy atom. The zero-order chi connectivity index (χ0) is 11.1. The molecule has 15 heavy (non-hydrogen) atoms. The molecule has 0 amide bonds. The first-order valence-corrected chi connectivity index (χ1v) is 6.34. The van der Waals surface area contributed by atoms with Gasteiger partial charge < -0.3 is 10.8 Å². The highest BCUT2D eigenvalue weighted by molar-refractivity contribution is 4.82. The summed E-state index contributed by atoms with van der Waals surface area (Å²) in [6, 6.07) is 0.591. The van der Waals surface area contributed by atoms with Crippen LogP contribution in [0.5, 0.6) is 0 Å². The van der Waals surface area contributed by atoms with E-state index in [9.17, 15) is 0 Å². The molecule has 1 aliphatic rings. The number of rotatable bonds is 6. The van der Waals surface area contributed by atoms with Gasteiger partial charge in [-0.1, -0.05) is 6.92 Å². The highest BCUT2D eigenvalue weighted by Gasteiger charge is 2.26. The van der Waals surface area contributed by atoms with E-state index in [-0.39, 0.29) is 0 Å². The summed E-state index contributed by atoms with van der Waals surface area (Å²) in [5.41, 5.74) is 5.83. The summed E-state index contributed by atoms with van der Waals surface area (Å²) in [7, 11) is 0. The van der Waals surface area contributed by atoms with Gasteiger partial charge in [-0.25, -0.2) is 0 Å². The second-order valence-corrected chi connectivity index (χ2v) is 4.74. The van der Waals surface area contributed by atoms with Crippen molar-refractivity contribution < 1.29 is 5.11 Å². The van der Waals surface area contributed by atoms with Crippen LogP contribution in [0.3, 0.4) is 0 Å². The lowest BCUT2D eigenvalue weighted by Crippen LogP contribution is -2.48. The van der Waals surface area contributed by atoms with E-state index in [0.29, 0.717) is 12.6 Å². The number of aliphatic hydroxyl groups excluding tert-OH is 1. The summed E-state index contributed by atoms with van der Waals surface area (Å²) in [5, 5.41) is 8.71. The summed E-state index contributed by atoms with van der Waals surface area (Å²) < 4.78 is 0. The molecular weight excluding hydrogens is 188 g/mol. The van der Waals surface area contributed by atoms with Gasteiger partial charge in [0.2, 0.25) is 0 Å². The van der Waals surface area contributed by atoms with Crippen molar-refractivity contribution in [1.82, 2.24) is 4.90 Å². The molecule has 0 spiro atoms. The van der Waals surface area contributed by atoms with Crippen LogP contribution in [0.4, 0.5) is 0 Å². The van der Waals surface area contributed by atoms with Crippen LogP contribution in [-0.2, 0) is 0 Å². The molecule has 1 aliphatic heterocycles. The van der Waals surface area contributed by atoms with Gasteiger partial charge in [-0.3, -0.25) is 4.90 Å². The first-order valence-electron chi connectivity index (χ1n) is 6.34. The first-order chi connectivity index (χ1) is 7.29. The minimum Gasteiger partial charge on any atom is -0.396 e. The van der Waals surface area contributed by atoms with Crippen molar-refractivity contribution in [3.8, 4) is 0 Å². The third-order valence-electron chi connectivity index (χ3n) is 3.58. The summed E-state index contributed by atoms with van der Waals surface area (Å²) >= 11 is 0. The average Bonchev–Trinajstić information content (AvgIpc) is 2.24. The number of piperidine rings is 1. The van der Waals surface area contributed by atoms with E-state index in [2.05, 4.69) is 11.8 Å². The van der Waals surface area contributed by atoms with Crippen LogP contribution in [0.1, 0.15) is 39.0 Å². The number of likely N-dealkylation sites (tertiary alicyclic amines) is 1. The minimum atomic E-state index is 0.330. The van der Waals surface area contributed by atoms with Gasteiger partial charge in [-0.05, 0) is 51.1 Å². The monoisotopic (exact) mass is 214 g/mol. The van der Waals surface area contributed by atoms with E-state index >= 15 is 0 Å². The molecule has 90 valence electrons. The number of aliphatic hydroxyl groups is 1. The van der Waals surface area contributed by atoms with Gasteiger partial charge in [0.25, 0.3) is 0 Å². The second-order valence-electron chi connectivity index (χ2n) is 4.74. The van der Waals surface area contributed by atoms with Crippen LogP contribution < -0.4 is 5.73 Å². The molecule has 1 fully saturated rings. The predicted molar refractivity (Wildman–Crippen MR) is 63.8 cm³/mol. The van der Waals surface area contributed by atoms with Crippen LogP contribution >= 0.6 is 0 Å². The standard InChI is InChI=1S/C12H26N2O/c1-11-6-5-8-14(12(11)10-13)7-3-2-4-9-15/h11-12,15H,2-10,13H2,1H3. The Hall–Kier alpha value is -0.120. The van der Waals surface area contributed by atoms with Gasteiger partial charge in [0, 0.05) is 19.2 Å².